The van der Waals surface area contributed by atoms with Gasteiger partial charge >= 0.3 is 5.97 Å². The molecule has 0 aliphatic carbocycles. The zero-order valence-corrected chi connectivity index (χ0v) is 16.6. The summed E-state index contributed by atoms with van der Waals surface area (Å²) in [7, 11) is 4.30. The predicted molar refractivity (Wildman–Crippen MR) is 103 cm³/mol. The monoisotopic (exact) mass is 411 g/mol. The Morgan fingerprint density at radius 3 is 2.41 bits per heavy atom. The number of ether oxygens (including phenoxy) is 3. The van der Waals surface area contributed by atoms with Crippen molar-refractivity contribution in [3.05, 3.63) is 57.6 Å². The van der Waals surface area contributed by atoms with E-state index in [0.29, 0.717) is 22.1 Å². The number of hydrogen-bond acceptors (Lipinski definition) is 5. The summed E-state index contributed by atoms with van der Waals surface area (Å²) in [4.78, 5) is 24.8. The van der Waals surface area contributed by atoms with Crippen molar-refractivity contribution in [2.45, 2.75) is 12.5 Å². The first kappa shape index (κ1) is 20.9. The molecule has 0 aliphatic rings. The third kappa shape index (κ3) is 5.28. The van der Waals surface area contributed by atoms with Gasteiger partial charge in [0, 0.05) is 17.5 Å². The first-order valence-corrected chi connectivity index (χ1v) is 8.69. The van der Waals surface area contributed by atoms with Gasteiger partial charge in [0.2, 0.25) is 0 Å². The molecule has 2 aromatic rings. The number of halogens is 2. The highest BCUT2D eigenvalue weighted by Gasteiger charge is 2.25. The molecule has 1 atom stereocenters. The molecule has 144 valence electrons. The molecule has 0 heterocycles. The second kappa shape index (κ2) is 9.48. The Hall–Kier alpha value is -2.44. The van der Waals surface area contributed by atoms with Crippen LogP contribution in [0.4, 0.5) is 0 Å². The van der Waals surface area contributed by atoms with Gasteiger partial charge in [-0.15, -0.1) is 0 Å². The Bertz CT molecular complexity index is 841. The molecule has 0 fully saturated rings. The fourth-order valence-corrected chi connectivity index (χ4v) is 2.86. The number of rotatable bonds is 7. The Balaban J connectivity index is 2.27. The molecular formula is C19H19Cl2NO5. The maximum Gasteiger partial charge on any atom is 0.328 e. The molecule has 0 aromatic heterocycles. The molecular weight excluding hydrogens is 393 g/mol. The van der Waals surface area contributed by atoms with Gasteiger partial charge in [0.05, 0.1) is 31.9 Å². The standard InChI is InChI=1S/C19H19Cl2NO5/c1-25-13-6-4-11(17(10-13)26-2)8-16(19(24)27-3)22-18(23)14-9-12(20)5-7-15(14)21/h4-7,9-10,16H,8H2,1-3H3,(H,22,23)/t16-/m0/s1. The zero-order chi connectivity index (χ0) is 20.0. The number of carbonyl (C=O) groups is 2. The van der Waals surface area contributed by atoms with E-state index in [1.54, 1.807) is 31.4 Å². The molecule has 27 heavy (non-hydrogen) atoms. The lowest BCUT2D eigenvalue weighted by Gasteiger charge is -2.19. The summed E-state index contributed by atoms with van der Waals surface area (Å²) < 4.78 is 15.3. The zero-order valence-electron chi connectivity index (χ0n) is 15.0. The van der Waals surface area contributed by atoms with Crippen molar-refractivity contribution in [1.29, 1.82) is 0 Å². The van der Waals surface area contributed by atoms with Crippen molar-refractivity contribution in [2.75, 3.05) is 21.3 Å². The Morgan fingerprint density at radius 1 is 1.04 bits per heavy atom. The van der Waals surface area contributed by atoms with E-state index in [1.807, 2.05) is 0 Å². The Labute approximate surface area is 167 Å². The van der Waals surface area contributed by atoms with E-state index in [1.165, 1.54) is 26.4 Å². The number of hydrogen-bond donors (Lipinski definition) is 1. The fourth-order valence-electron chi connectivity index (χ4n) is 2.48. The van der Waals surface area contributed by atoms with E-state index < -0.39 is 17.9 Å². The van der Waals surface area contributed by atoms with Crippen LogP contribution in [0.15, 0.2) is 36.4 Å². The van der Waals surface area contributed by atoms with Crippen LogP contribution < -0.4 is 14.8 Å². The largest absolute Gasteiger partial charge is 0.497 e. The SMILES string of the molecule is COC(=O)[C@H](Cc1ccc(OC)cc1OC)NC(=O)c1cc(Cl)ccc1Cl. The highest BCUT2D eigenvalue weighted by Crippen LogP contribution is 2.26. The summed E-state index contributed by atoms with van der Waals surface area (Å²) in [5, 5.41) is 3.22. The van der Waals surface area contributed by atoms with Gasteiger partial charge in [0.25, 0.3) is 5.91 Å². The minimum atomic E-state index is -0.945. The summed E-state index contributed by atoms with van der Waals surface area (Å²) in [6.45, 7) is 0. The number of methoxy groups -OCH3 is 3. The molecule has 1 N–H and O–H groups in total. The molecule has 0 spiro atoms. The van der Waals surface area contributed by atoms with Crippen LogP contribution in [-0.4, -0.2) is 39.2 Å². The lowest BCUT2D eigenvalue weighted by atomic mass is 10.0. The van der Waals surface area contributed by atoms with Crippen molar-refractivity contribution in [3.63, 3.8) is 0 Å². The second-order valence-electron chi connectivity index (χ2n) is 5.56. The quantitative estimate of drug-likeness (QED) is 0.705. The first-order chi connectivity index (χ1) is 12.9. The van der Waals surface area contributed by atoms with Crippen molar-refractivity contribution < 1.29 is 23.8 Å². The molecule has 2 rings (SSSR count). The third-order valence-electron chi connectivity index (χ3n) is 3.88. The maximum atomic E-state index is 12.6. The molecule has 6 nitrogen and oxygen atoms in total. The number of benzene rings is 2. The third-order valence-corrected chi connectivity index (χ3v) is 4.45. The van der Waals surface area contributed by atoms with Crippen LogP contribution in [0.3, 0.4) is 0 Å². The van der Waals surface area contributed by atoms with Gasteiger partial charge in [-0.1, -0.05) is 29.3 Å². The van der Waals surface area contributed by atoms with Crippen LogP contribution in [0.25, 0.3) is 0 Å². The molecule has 1 amide bonds. The predicted octanol–water partition coefficient (Wildman–Crippen LogP) is 3.52. The fraction of sp³-hybridized carbons (Fsp3) is 0.263. The minimum absolute atomic E-state index is 0.157. The van der Waals surface area contributed by atoms with Crippen LogP contribution in [0.2, 0.25) is 10.0 Å². The van der Waals surface area contributed by atoms with E-state index in [0.717, 1.165) is 0 Å². The lowest BCUT2D eigenvalue weighted by Crippen LogP contribution is -2.43. The van der Waals surface area contributed by atoms with E-state index in [9.17, 15) is 9.59 Å². The number of carbonyl (C=O) groups excluding carboxylic acids is 2. The lowest BCUT2D eigenvalue weighted by molar-refractivity contribution is -0.142. The van der Waals surface area contributed by atoms with Gasteiger partial charge in [-0.05, 0) is 29.8 Å². The van der Waals surface area contributed by atoms with Crippen LogP contribution in [-0.2, 0) is 16.0 Å². The Morgan fingerprint density at radius 2 is 1.78 bits per heavy atom. The summed E-state index contributed by atoms with van der Waals surface area (Å²) in [6, 6.07) is 8.76. The molecule has 0 bridgehead atoms. The molecule has 8 heteroatoms. The van der Waals surface area contributed by atoms with Gasteiger partial charge in [0.1, 0.15) is 17.5 Å². The van der Waals surface area contributed by atoms with Gasteiger partial charge in [-0.2, -0.15) is 0 Å². The number of nitrogens with one attached hydrogen (secondary N) is 1. The molecule has 0 radical (unpaired) electrons. The van der Waals surface area contributed by atoms with E-state index in [2.05, 4.69) is 5.32 Å². The van der Waals surface area contributed by atoms with Crippen LogP contribution >= 0.6 is 23.2 Å². The number of amides is 1. The highest BCUT2D eigenvalue weighted by molar-refractivity contribution is 6.35. The normalized spacial score (nSPS) is 11.4. The highest BCUT2D eigenvalue weighted by atomic mass is 35.5. The molecule has 0 unspecified atom stereocenters. The van der Waals surface area contributed by atoms with Crippen LogP contribution in [0, 0.1) is 0 Å². The van der Waals surface area contributed by atoms with Crippen LogP contribution in [0.1, 0.15) is 15.9 Å². The van der Waals surface area contributed by atoms with Crippen molar-refractivity contribution in [1.82, 2.24) is 5.32 Å². The summed E-state index contributed by atoms with van der Waals surface area (Å²) >= 11 is 12.0. The van der Waals surface area contributed by atoms with Gasteiger partial charge in [-0.25, -0.2) is 4.79 Å². The summed E-state index contributed by atoms with van der Waals surface area (Å²) in [6.07, 6.45) is 0.157. The van der Waals surface area contributed by atoms with Gasteiger partial charge in [0.15, 0.2) is 0 Å². The molecule has 0 saturated carbocycles. The average molecular weight is 412 g/mol. The summed E-state index contributed by atoms with van der Waals surface area (Å²) in [5.41, 5.74) is 0.867. The van der Waals surface area contributed by atoms with E-state index in [-0.39, 0.29) is 17.0 Å². The van der Waals surface area contributed by atoms with Crippen LogP contribution in [0.5, 0.6) is 11.5 Å². The van der Waals surface area contributed by atoms with Crippen molar-refractivity contribution >= 4 is 35.1 Å². The number of esters is 1. The average Bonchev–Trinajstić information content (AvgIpc) is 2.68. The van der Waals surface area contributed by atoms with Gasteiger partial charge in [-0.3, -0.25) is 4.79 Å². The Kier molecular flexibility index (Phi) is 7.33. The first-order valence-electron chi connectivity index (χ1n) is 7.94. The molecule has 0 aliphatic heterocycles. The van der Waals surface area contributed by atoms with Crippen molar-refractivity contribution in [3.8, 4) is 11.5 Å². The smallest absolute Gasteiger partial charge is 0.328 e. The van der Waals surface area contributed by atoms with E-state index >= 15 is 0 Å². The minimum Gasteiger partial charge on any atom is -0.497 e. The maximum absolute atomic E-state index is 12.6. The topological polar surface area (TPSA) is 73.9 Å². The van der Waals surface area contributed by atoms with E-state index in [4.69, 9.17) is 37.4 Å². The van der Waals surface area contributed by atoms with Gasteiger partial charge < -0.3 is 19.5 Å². The second-order valence-corrected chi connectivity index (χ2v) is 6.40. The molecule has 2 aromatic carbocycles. The summed E-state index contributed by atoms with van der Waals surface area (Å²) in [5.74, 6) is 0.00278. The molecule has 0 saturated heterocycles. The van der Waals surface area contributed by atoms with Crippen molar-refractivity contribution in [2.24, 2.45) is 0 Å².